The number of hydrogen-bond acceptors (Lipinski definition) is 4. The van der Waals surface area contributed by atoms with Crippen LogP contribution in [-0.2, 0) is 20.6 Å². The Hall–Kier alpha value is -1.44. The summed E-state index contributed by atoms with van der Waals surface area (Å²) in [6, 6.07) is 8.46. The summed E-state index contributed by atoms with van der Waals surface area (Å²) in [6.45, 7) is -0.537. The van der Waals surface area contributed by atoms with Crippen LogP contribution in [-0.4, -0.2) is 37.2 Å². The maximum atomic E-state index is 11.5. The van der Waals surface area contributed by atoms with Crippen LogP contribution in [0.25, 0.3) is 0 Å². The van der Waals surface area contributed by atoms with E-state index in [1.807, 2.05) is 4.72 Å². The molecule has 0 saturated heterocycles. The van der Waals surface area contributed by atoms with Gasteiger partial charge < -0.3 is 10.2 Å². The third kappa shape index (κ3) is 4.94. The molecule has 3 N–H and O–H groups in total. The first-order valence-corrected chi connectivity index (χ1v) is 6.48. The van der Waals surface area contributed by atoms with Gasteiger partial charge in [-0.05, 0) is 5.56 Å². The summed E-state index contributed by atoms with van der Waals surface area (Å²) >= 11 is 0. The van der Waals surface area contributed by atoms with Gasteiger partial charge in [-0.15, -0.1) is 0 Å². The quantitative estimate of drug-likeness (QED) is 0.642. The number of carbonyl (C=O) groups is 1. The topological polar surface area (TPSA) is 104 Å². The summed E-state index contributed by atoms with van der Waals surface area (Å²) in [5, 5.41) is 17.3. The summed E-state index contributed by atoms with van der Waals surface area (Å²) in [5.74, 6) is -1.72. The predicted octanol–water partition coefficient (Wildman–Crippen LogP) is -0.448. The number of hydrogen-bond donors (Lipinski definition) is 3. The van der Waals surface area contributed by atoms with E-state index in [-0.39, 0.29) is 5.75 Å². The van der Waals surface area contributed by atoms with Crippen LogP contribution in [0.4, 0.5) is 0 Å². The molecule has 0 saturated carbocycles. The molecule has 0 spiro atoms. The first-order valence-electron chi connectivity index (χ1n) is 4.83. The molecule has 1 rings (SSSR count). The van der Waals surface area contributed by atoms with E-state index < -0.39 is 28.6 Å². The van der Waals surface area contributed by atoms with Crippen molar-refractivity contribution in [3.63, 3.8) is 0 Å². The molecule has 94 valence electrons. The molecule has 0 bridgehead atoms. The zero-order chi connectivity index (χ0) is 12.9. The lowest BCUT2D eigenvalue weighted by atomic mass is 10.2. The van der Waals surface area contributed by atoms with Crippen LogP contribution in [0.5, 0.6) is 0 Å². The monoisotopic (exact) mass is 259 g/mol. The maximum absolute atomic E-state index is 11.5. The van der Waals surface area contributed by atoms with Crippen molar-refractivity contribution in [3.05, 3.63) is 35.9 Å². The van der Waals surface area contributed by atoms with Gasteiger partial charge in [-0.1, -0.05) is 30.3 Å². The minimum Gasteiger partial charge on any atom is -0.479 e. The molecule has 6 nitrogen and oxygen atoms in total. The molecule has 0 aliphatic heterocycles. The van der Waals surface area contributed by atoms with Crippen LogP contribution in [0, 0.1) is 0 Å². The third-order valence-corrected chi connectivity index (χ3v) is 3.30. The number of aliphatic carboxylic acids is 1. The van der Waals surface area contributed by atoms with E-state index in [2.05, 4.69) is 0 Å². The molecule has 0 aromatic heterocycles. The maximum Gasteiger partial charge on any atom is 0.333 e. The fourth-order valence-corrected chi connectivity index (χ4v) is 2.28. The van der Waals surface area contributed by atoms with Gasteiger partial charge >= 0.3 is 5.97 Å². The predicted molar refractivity (Wildman–Crippen MR) is 60.7 cm³/mol. The lowest BCUT2D eigenvalue weighted by molar-refractivity contribution is -0.146. The van der Waals surface area contributed by atoms with Crippen molar-refractivity contribution in [2.75, 3.05) is 6.54 Å². The zero-order valence-corrected chi connectivity index (χ0v) is 9.72. The molecule has 0 aliphatic rings. The van der Waals surface area contributed by atoms with Gasteiger partial charge in [0.15, 0.2) is 6.10 Å². The summed E-state index contributed by atoms with van der Waals surface area (Å²) in [7, 11) is -3.64. The van der Waals surface area contributed by atoms with Gasteiger partial charge in [-0.3, -0.25) is 0 Å². The Morgan fingerprint density at radius 1 is 1.29 bits per heavy atom. The highest BCUT2D eigenvalue weighted by Gasteiger charge is 2.17. The molecule has 0 fully saturated rings. The zero-order valence-electron chi connectivity index (χ0n) is 8.91. The Kier molecular flexibility index (Phi) is 4.62. The Labute approximate surface area is 99.0 Å². The van der Waals surface area contributed by atoms with Crippen LogP contribution in [0.1, 0.15) is 5.56 Å². The van der Waals surface area contributed by atoms with Crippen molar-refractivity contribution < 1.29 is 23.4 Å². The molecule has 0 amide bonds. The second-order valence-electron chi connectivity index (χ2n) is 3.45. The van der Waals surface area contributed by atoms with Crippen molar-refractivity contribution in [2.24, 2.45) is 0 Å². The van der Waals surface area contributed by atoms with Gasteiger partial charge in [0.1, 0.15) is 0 Å². The van der Waals surface area contributed by atoms with Crippen molar-refractivity contribution in [2.45, 2.75) is 11.9 Å². The number of aliphatic hydroxyl groups is 1. The first kappa shape index (κ1) is 13.6. The lowest BCUT2D eigenvalue weighted by Gasteiger charge is -2.08. The minimum absolute atomic E-state index is 0.250. The summed E-state index contributed by atoms with van der Waals surface area (Å²) in [4.78, 5) is 10.3. The van der Waals surface area contributed by atoms with E-state index in [0.717, 1.165) is 0 Å². The van der Waals surface area contributed by atoms with Crippen LogP contribution in [0.3, 0.4) is 0 Å². The fourth-order valence-electron chi connectivity index (χ4n) is 1.14. The van der Waals surface area contributed by atoms with Gasteiger partial charge in [0, 0.05) is 6.54 Å². The molecule has 1 aromatic carbocycles. The molecular formula is C10H13NO5S. The minimum atomic E-state index is -3.64. The molecular weight excluding hydrogens is 246 g/mol. The van der Waals surface area contributed by atoms with E-state index in [1.54, 1.807) is 30.3 Å². The summed E-state index contributed by atoms with van der Waals surface area (Å²) in [5.41, 5.74) is 0.588. The molecule has 1 aromatic rings. The number of carboxylic acid groups (broad SMARTS) is 1. The SMILES string of the molecule is O=C(O)C(O)CNS(=O)(=O)Cc1ccccc1. The average Bonchev–Trinajstić information content (AvgIpc) is 2.26. The molecule has 7 heteroatoms. The highest BCUT2D eigenvalue weighted by molar-refractivity contribution is 7.88. The van der Waals surface area contributed by atoms with Crippen molar-refractivity contribution >= 4 is 16.0 Å². The Bertz CT molecular complexity index is 471. The van der Waals surface area contributed by atoms with Gasteiger partial charge in [0.2, 0.25) is 10.0 Å². The van der Waals surface area contributed by atoms with Crippen molar-refractivity contribution in [1.82, 2.24) is 4.72 Å². The molecule has 1 unspecified atom stereocenters. The molecule has 0 radical (unpaired) electrons. The molecule has 1 atom stereocenters. The number of rotatable bonds is 6. The second-order valence-corrected chi connectivity index (χ2v) is 5.25. The van der Waals surface area contributed by atoms with Crippen LogP contribution in [0.2, 0.25) is 0 Å². The molecule has 0 aliphatic carbocycles. The number of aliphatic hydroxyl groups excluding tert-OH is 1. The van der Waals surface area contributed by atoms with E-state index in [1.165, 1.54) is 0 Å². The Balaban J connectivity index is 2.56. The van der Waals surface area contributed by atoms with Crippen LogP contribution < -0.4 is 4.72 Å². The summed E-state index contributed by atoms with van der Waals surface area (Å²) in [6.07, 6.45) is -1.74. The third-order valence-electron chi connectivity index (χ3n) is 1.98. The number of sulfonamides is 1. The van der Waals surface area contributed by atoms with E-state index in [4.69, 9.17) is 10.2 Å². The van der Waals surface area contributed by atoms with E-state index >= 15 is 0 Å². The highest BCUT2D eigenvalue weighted by Crippen LogP contribution is 2.03. The molecule has 17 heavy (non-hydrogen) atoms. The van der Waals surface area contributed by atoms with Crippen LogP contribution >= 0.6 is 0 Å². The number of benzene rings is 1. The lowest BCUT2D eigenvalue weighted by Crippen LogP contribution is -2.37. The summed E-state index contributed by atoms with van der Waals surface area (Å²) < 4.78 is 25.1. The molecule has 0 heterocycles. The van der Waals surface area contributed by atoms with E-state index in [0.29, 0.717) is 5.56 Å². The smallest absolute Gasteiger partial charge is 0.333 e. The first-order chi connectivity index (χ1) is 7.91. The van der Waals surface area contributed by atoms with Crippen molar-refractivity contribution in [1.29, 1.82) is 0 Å². The highest BCUT2D eigenvalue weighted by atomic mass is 32.2. The Morgan fingerprint density at radius 2 is 1.88 bits per heavy atom. The normalized spacial score (nSPS) is 13.2. The average molecular weight is 259 g/mol. The number of nitrogens with one attached hydrogen (secondary N) is 1. The largest absolute Gasteiger partial charge is 0.479 e. The van der Waals surface area contributed by atoms with Gasteiger partial charge in [-0.25, -0.2) is 17.9 Å². The second kappa shape index (κ2) is 5.76. The Morgan fingerprint density at radius 3 is 2.41 bits per heavy atom. The van der Waals surface area contributed by atoms with Crippen LogP contribution in [0.15, 0.2) is 30.3 Å². The van der Waals surface area contributed by atoms with E-state index in [9.17, 15) is 13.2 Å². The van der Waals surface area contributed by atoms with Gasteiger partial charge in [0.05, 0.1) is 5.75 Å². The fraction of sp³-hybridized carbons (Fsp3) is 0.300. The van der Waals surface area contributed by atoms with Crippen molar-refractivity contribution in [3.8, 4) is 0 Å². The van der Waals surface area contributed by atoms with Gasteiger partial charge in [-0.2, -0.15) is 0 Å². The standard InChI is InChI=1S/C10H13NO5S/c12-9(10(13)14)6-11-17(15,16)7-8-4-2-1-3-5-8/h1-5,9,11-12H,6-7H2,(H,13,14). The number of carboxylic acids is 1. The van der Waals surface area contributed by atoms with Gasteiger partial charge in [0.25, 0.3) is 0 Å².